The average molecular weight is 254 g/mol. The van der Waals surface area contributed by atoms with E-state index in [-0.39, 0.29) is 12.0 Å². The zero-order chi connectivity index (χ0) is 13.5. The summed E-state index contributed by atoms with van der Waals surface area (Å²) in [7, 11) is 0. The third-order valence-corrected chi connectivity index (χ3v) is 2.59. The molecule has 0 fully saturated rings. The Hall–Kier alpha value is -1.43. The van der Waals surface area contributed by atoms with Crippen molar-refractivity contribution < 1.29 is 9.53 Å². The predicted octanol–water partition coefficient (Wildman–Crippen LogP) is 0.826. The molecule has 1 aromatic heterocycles. The van der Waals surface area contributed by atoms with Crippen LogP contribution in [-0.4, -0.2) is 39.9 Å². The second-order valence-electron chi connectivity index (χ2n) is 4.17. The SMILES string of the molecule is CCOC(C)C(=O)NCCCn1nc(C)nc1C. The second kappa shape index (κ2) is 7.10. The maximum absolute atomic E-state index is 11.5. The van der Waals surface area contributed by atoms with Gasteiger partial charge in [-0.15, -0.1) is 0 Å². The fourth-order valence-electron chi connectivity index (χ4n) is 1.68. The minimum atomic E-state index is -0.384. The van der Waals surface area contributed by atoms with Gasteiger partial charge in [0.15, 0.2) is 0 Å². The van der Waals surface area contributed by atoms with Crippen molar-refractivity contribution >= 4 is 5.91 Å². The Morgan fingerprint density at radius 2 is 2.22 bits per heavy atom. The number of ether oxygens (including phenoxy) is 1. The summed E-state index contributed by atoms with van der Waals surface area (Å²) in [5, 5.41) is 7.10. The van der Waals surface area contributed by atoms with Crippen molar-refractivity contribution in [2.24, 2.45) is 0 Å². The fraction of sp³-hybridized carbons (Fsp3) is 0.750. The van der Waals surface area contributed by atoms with Crippen molar-refractivity contribution in [1.82, 2.24) is 20.1 Å². The average Bonchev–Trinajstić information content (AvgIpc) is 2.63. The van der Waals surface area contributed by atoms with Crippen molar-refractivity contribution in [3.8, 4) is 0 Å². The zero-order valence-electron chi connectivity index (χ0n) is 11.6. The van der Waals surface area contributed by atoms with Crippen LogP contribution in [0.2, 0.25) is 0 Å². The molecule has 18 heavy (non-hydrogen) atoms. The molecule has 1 aromatic rings. The van der Waals surface area contributed by atoms with Crippen LogP contribution in [0.15, 0.2) is 0 Å². The summed E-state index contributed by atoms with van der Waals surface area (Å²) in [6.45, 7) is 9.35. The number of aromatic nitrogens is 3. The highest BCUT2D eigenvalue weighted by Crippen LogP contribution is 1.97. The first-order chi connectivity index (χ1) is 8.54. The Kier molecular flexibility index (Phi) is 5.77. The highest BCUT2D eigenvalue weighted by atomic mass is 16.5. The zero-order valence-corrected chi connectivity index (χ0v) is 11.6. The highest BCUT2D eigenvalue weighted by molar-refractivity contribution is 5.80. The number of hydrogen-bond donors (Lipinski definition) is 1. The monoisotopic (exact) mass is 254 g/mol. The normalized spacial score (nSPS) is 12.4. The van der Waals surface area contributed by atoms with Crippen LogP contribution in [0, 0.1) is 13.8 Å². The van der Waals surface area contributed by atoms with Gasteiger partial charge < -0.3 is 10.1 Å². The van der Waals surface area contributed by atoms with Crippen LogP contribution in [0.1, 0.15) is 31.9 Å². The van der Waals surface area contributed by atoms with Gasteiger partial charge in [-0.05, 0) is 34.1 Å². The number of nitrogens with zero attached hydrogens (tertiary/aromatic N) is 3. The molecule has 0 aliphatic carbocycles. The summed E-state index contributed by atoms with van der Waals surface area (Å²) >= 11 is 0. The van der Waals surface area contributed by atoms with Crippen molar-refractivity contribution in [3.63, 3.8) is 0 Å². The topological polar surface area (TPSA) is 69.0 Å². The molecule has 6 nitrogen and oxygen atoms in total. The van der Waals surface area contributed by atoms with Gasteiger partial charge in [-0.25, -0.2) is 4.98 Å². The van der Waals surface area contributed by atoms with Crippen LogP contribution in [0.5, 0.6) is 0 Å². The number of carbonyl (C=O) groups excluding carboxylic acids is 1. The lowest BCUT2D eigenvalue weighted by Gasteiger charge is -2.11. The largest absolute Gasteiger partial charge is 0.369 e. The van der Waals surface area contributed by atoms with Gasteiger partial charge in [0.2, 0.25) is 5.91 Å². The number of rotatable bonds is 7. The Labute approximate surface area is 108 Å². The van der Waals surface area contributed by atoms with Gasteiger partial charge in [0.25, 0.3) is 0 Å². The van der Waals surface area contributed by atoms with Gasteiger partial charge >= 0.3 is 0 Å². The van der Waals surface area contributed by atoms with E-state index in [0.717, 1.165) is 24.6 Å². The Balaban J connectivity index is 2.23. The van der Waals surface area contributed by atoms with E-state index in [9.17, 15) is 4.79 Å². The van der Waals surface area contributed by atoms with Gasteiger partial charge in [0.1, 0.15) is 17.8 Å². The Morgan fingerprint density at radius 3 is 2.78 bits per heavy atom. The van der Waals surface area contributed by atoms with Crippen LogP contribution >= 0.6 is 0 Å². The molecule has 0 spiro atoms. The number of nitrogens with one attached hydrogen (secondary N) is 1. The standard InChI is InChI=1S/C12H22N4O2/c1-5-18-9(2)12(17)13-7-6-8-16-11(4)14-10(3)15-16/h9H,5-8H2,1-4H3,(H,13,17). The molecule has 1 amide bonds. The number of amides is 1. The van der Waals surface area contributed by atoms with Gasteiger partial charge in [-0.2, -0.15) is 5.10 Å². The minimum absolute atomic E-state index is 0.0663. The second-order valence-corrected chi connectivity index (χ2v) is 4.17. The van der Waals surface area contributed by atoms with E-state index < -0.39 is 0 Å². The first kappa shape index (κ1) is 14.6. The van der Waals surface area contributed by atoms with Crippen molar-refractivity contribution in [2.45, 2.75) is 46.8 Å². The van der Waals surface area contributed by atoms with Crippen molar-refractivity contribution in [1.29, 1.82) is 0 Å². The summed E-state index contributed by atoms with van der Waals surface area (Å²) in [5.74, 6) is 1.62. The molecular weight excluding hydrogens is 232 g/mol. The summed E-state index contributed by atoms with van der Waals surface area (Å²) in [6, 6.07) is 0. The van der Waals surface area contributed by atoms with Crippen LogP contribution in [0.25, 0.3) is 0 Å². The van der Waals surface area contributed by atoms with E-state index in [1.807, 2.05) is 25.5 Å². The quantitative estimate of drug-likeness (QED) is 0.732. The third kappa shape index (κ3) is 4.44. The fourth-order valence-corrected chi connectivity index (χ4v) is 1.68. The number of hydrogen-bond acceptors (Lipinski definition) is 4. The van der Waals surface area contributed by atoms with Crippen LogP contribution in [0.3, 0.4) is 0 Å². The molecule has 0 saturated carbocycles. The first-order valence-corrected chi connectivity index (χ1v) is 6.32. The molecule has 0 saturated heterocycles. The van der Waals surface area contributed by atoms with Crippen LogP contribution in [0.4, 0.5) is 0 Å². The molecule has 1 unspecified atom stereocenters. The van der Waals surface area contributed by atoms with E-state index in [4.69, 9.17) is 4.74 Å². The number of carbonyl (C=O) groups is 1. The summed E-state index contributed by atoms with van der Waals surface area (Å²) in [6.07, 6.45) is 0.444. The van der Waals surface area contributed by atoms with Crippen LogP contribution < -0.4 is 5.32 Å². The van der Waals surface area contributed by atoms with Gasteiger partial charge in [0.05, 0.1) is 0 Å². The lowest BCUT2D eigenvalue weighted by Crippen LogP contribution is -2.35. The molecule has 1 rings (SSSR count). The summed E-state index contributed by atoms with van der Waals surface area (Å²) < 4.78 is 7.06. The summed E-state index contributed by atoms with van der Waals surface area (Å²) in [5.41, 5.74) is 0. The highest BCUT2D eigenvalue weighted by Gasteiger charge is 2.11. The molecule has 0 radical (unpaired) electrons. The lowest BCUT2D eigenvalue weighted by molar-refractivity contribution is -0.131. The molecule has 0 bridgehead atoms. The van der Waals surface area contributed by atoms with E-state index in [0.29, 0.717) is 13.2 Å². The van der Waals surface area contributed by atoms with Gasteiger partial charge in [0, 0.05) is 19.7 Å². The van der Waals surface area contributed by atoms with Crippen molar-refractivity contribution in [2.75, 3.05) is 13.2 Å². The smallest absolute Gasteiger partial charge is 0.248 e. The Bertz CT molecular complexity index is 389. The minimum Gasteiger partial charge on any atom is -0.369 e. The lowest BCUT2D eigenvalue weighted by atomic mass is 10.3. The van der Waals surface area contributed by atoms with E-state index >= 15 is 0 Å². The molecule has 0 aromatic carbocycles. The maximum Gasteiger partial charge on any atom is 0.248 e. The molecule has 0 aliphatic rings. The maximum atomic E-state index is 11.5. The third-order valence-electron chi connectivity index (χ3n) is 2.59. The Morgan fingerprint density at radius 1 is 1.50 bits per heavy atom. The molecule has 0 aliphatic heterocycles. The van der Waals surface area contributed by atoms with Crippen LogP contribution in [-0.2, 0) is 16.1 Å². The van der Waals surface area contributed by atoms with Gasteiger partial charge in [-0.3, -0.25) is 9.48 Å². The molecular formula is C12H22N4O2. The molecule has 102 valence electrons. The van der Waals surface area contributed by atoms with Crippen molar-refractivity contribution in [3.05, 3.63) is 11.6 Å². The summed E-state index contributed by atoms with van der Waals surface area (Å²) in [4.78, 5) is 15.8. The van der Waals surface area contributed by atoms with E-state index in [1.165, 1.54) is 0 Å². The molecule has 1 heterocycles. The number of aryl methyl sites for hydroxylation is 3. The predicted molar refractivity (Wildman–Crippen MR) is 68.2 cm³/mol. The molecule has 1 N–H and O–H groups in total. The first-order valence-electron chi connectivity index (χ1n) is 6.32. The van der Waals surface area contributed by atoms with E-state index in [1.54, 1.807) is 6.92 Å². The molecule has 1 atom stereocenters. The van der Waals surface area contributed by atoms with E-state index in [2.05, 4.69) is 15.4 Å². The van der Waals surface area contributed by atoms with Gasteiger partial charge in [-0.1, -0.05) is 0 Å². The molecule has 6 heteroatoms.